The van der Waals surface area contributed by atoms with Gasteiger partial charge in [0.2, 0.25) is 5.88 Å². The highest BCUT2D eigenvalue weighted by Gasteiger charge is 2.59. The Labute approximate surface area is 253 Å². The Kier molecular flexibility index (Phi) is 6.19. The number of alkyl halides is 4. The maximum absolute atomic E-state index is 16.6. The van der Waals surface area contributed by atoms with E-state index in [9.17, 15) is 17.6 Å². The minimum absolute atomic E-state index is 0.0335. The Morgan fingerprint density at radius 2 is 1.95 bits per heavy atom. The van der Waals surface area contributed by atoms with Crippen molar-refractivity contribution in [1.29, 1.82) is 0 Å². The number of fused-ring (bicyclic) bond motifs is 7. The van der Waals surface area contributed by atoms with Gasteiger partial charge >= 0.3 is 12.2 Å². The number of nitrogen functional groups attached to an aromatic ring is 1. The van der Waals surface area contributed by atoms with E-state index in [1.165, 1.54) is 0 Å². The van der Waals surface area contributed by atoms with Gasteiger partial charge in [-0.05, 0) is 37.8 Å². The molecule has 234 valence electrons. The third-order valence-electron chi connectivity index (χ3n) is 9.51. The fourth-order valence-electron chi connectivity index (χ4n) is 7.83. The number of benzene rings is 1. The van der Waals surface area contributed by atoms with Crippen LogP contribution in [-0.4, -0.2) is 71.7 Å². The van der Waals surface area contributed by atoms with Crippen LogP contribution in [0.3, 0.4) is 0 Å². The van der Waals surface area contributed by atoms with Gasteiger partial charge in [-0.3, -0.25) is 0 Å². The molecular weight excluding hydrogens is 611 g/mol. The first-order chi connectivity index (χ1) is 20.9. The van der Waals surface area contributed by atoms with Crippen molar-refractivity contribution in [3.8, 4) is 23.1 Å². The molecule has 3 atom stereocenters. The number of nitrogens with zero attached hydrogens (tertiary/aromatic N) is 4. The molecule has 15 heteroatoms. The van der Waals surface area contributed by atoms with Crippen molar-refractivity contribution in [1.82, 2.24) is 20.3 Å². The Morgan fingerprint density at radius 1 is 1.14 bits per heavy atom. The van der Waals surface area contributed by atoms with E-state index in [2.05, 4.69) is 20.2 Å². The van der Waals surface area contributed by atoms with Gasteiger partial charge in [-0.2, -0.15) is 23.1 Å². The molecule has 6 aliphatic rings. The fraction of sp³-hybridized carbons (Fsp3) is 0.552. The topological polar surface area (TPSA) is 108 Å². The molecule has 1 aliphatic carbocycles. The molecule has 0 spiro atoms. The Bertz CT molecular complexity index is 1690. The molecular formula is C29H28ClF5N6O3. The quantitative estimate of drug-likeness (QED) is 0.299. The highest BCUT2D eigenvalue weighted by atomic mass is 35.5. The molecule has 2 aromatic heterocycles. The van der Waals surface area contributed by atoms with Crippen molar-refractivity contribution in [2.45, 2.75) is 62.1 Å². The number of pyridine rings is 1. The maximum atomic E-state index is 16.6. The molecule has 44 heavy (non-hydrogen) atoms. The number of anilines is 2. The average Bonchev–Trinajstić information content (AvgIpc) is 3.33. The lowest BCUT2D eigenvalue weighted by molar-refractivity contribution is -0.212. The van der Waals surface area contributed by atoms with Crippen LogP contribution < -0.4 is 25.4 Å². The Balaban J connectivity index is 1.31. The summed E-state index contributed by atoms with van der Waals surface area (Å²) >= 11 is 6.00. The van der Waals surface area contributed by atoms with Crippen LogP contribution in [0.15, 0.2) is 12.1 Å². The second kappa shape index (κ2) is 9.63. The van der Waals surface area contributed by atoms with E-state index in [0.717, 1.165) is 25.0 Å². The van der Waals surface area contributed by atoms with Crippen LogP contribution in [0.4, 0.5) is 33.5 Å². The molecule has 4 bridgehead atoms. The zero-order valence-corrected chi connectivity index (χ0v) is 24.1. The molecule has 9 rings (SSSR count). The largest absolute Gasteiger partial charge is 0.477 e. The first kappa shape index (κ1) is 28.3. The van der Waals surface area contributed by atoms with Gasteiger partial charge in [-0.1, -0.05) is 11.6 Å². The van der Waals surface area contributed by atoms with Crippen LogP contribution in [0.5, 0.6) is 11.9 Å². The SMILES string of the molecule is Nc1cc(Cl)c(C(F)(F)F)c(-c2nc3c4c(nc(OCC56COCC(F)(C5)C6)nc4c2F)N2C[C@H]4CC[C@H](N4)[C@H]2CCO3)c1. The van der Waals surface area contributed by atoms with E-state index in [0.29, 0.717) is 25.4 Å². The summed E-state index contributed by atoms with van der Waals surface area (Å²) in [6, 6.07) is 2.05. The summed E-state index contributed by atoms with van der Waals surface area (Å²) in [5.41, 5.74) is 0.899. The predicted molar refractivity (Wildman–Crippen MR) is 150 cm³/mol. The number of nitrogens with one attached hydrogen (secondary N) is 1. The third kappa shape index (κ3) is 4.43. The Hall–Kier alpha value is -3.23. The molecule has 3 N–H and O–H groups in total. The summed E-state index contributed by atoms with van der Waals surface area (Å²) in [6.45, 7) is 1.13. The first-order valence-corrected chi connectivity index (χ1v) is 14.9. The second-order valence-electron chi connectivity index (χ2n) is 12.7. The van der Waals surface area contributed by atoms with Crippen LogP contribution in [0.2, 0.25) is 5.02 Å². The van der Waals surface area contributed by atoms with E-state index in [1.807, 2.05) is 0 Å². The second-order valence-corrected chi connectivity index (χ2v) is 13.2. The summed E-state index contributed by atoms with van der Waals surface area (Å²) < 4.78 is 91.4. The van der Waals surface area contributed by atoms with Gasteiger partial charge in [0, 0.05) is 47.8 Å². The molecule has 1 saturated carbocycles. The number of hydrogen-bond donors (Lipinski definition) is 2. The highest BCUT2D eigenvalue weighted by Crippen LogP contribution is 2.55. The smallest absolute Gasteiger partial charge is 0.418 e. The molecule has 3 aromatic rings. The van der Waals surface area contributed by atoms with Gasteiger partial charge in [0.05, 0.1) is 37.0 Å². The first-order valence-electron chi connectivity index (χ1n) is 14.5. The molecule has 0 amide bonds. The lowest BCUT2D eigenvalue weighted by Gasteiger charge is -2.55. The molecule has 0 radical (unpaired) electrons. The summed E-state index contributed by atoms with van der Waals surface area (Å²) in [7, 11) is 0. The van der Waals surface area contributed by atoms with Gasteiger partial charge in [-0.15, -0.1) is 0 Å². The van der Waals surface area contributed by atoms with Gasteiger partial charge in [0.25, 0.3) is 0 Å². The van der Waals surface area contributed by atoms with Crippen LogP contribution in [-0.2, 0) is 10.9 Å². The van der Waals surface area contributed by atoms with E-state index in [4.69, 9.17) is 36.5 Å². The summed E-state index contributed by atoms with van der Waals surface area (Å²) in [5, 5.41) is 3.07. The minimum atomic E-state index is -4.94. The van der Waals surface area contributed by atoms with E-state index < -0.39 is 44.9 Å². The lowest BCUT2D eigenvalue weighted by Crippen LogP contribution is -2.61. The monoisotopic (exact) mass is 638 g/mol. The van der Waals surface area contributed by atoms with Crippen molar-refractivity contribution >= 4 is 34.0 Å². The number of piperazine rings is 1. The maximum Gasteiger partial charge on any atom is 0.418 e. The van der Waals surface area contributed by atoms with Crippen molar-refractivity contribution in [3.05, 3.63) is 28.5 Å². The highest BCUT2D eigenvalue weighted by molar-refractivity contribution is 6.32. The van der Waals surface area contributed by atoms with Crippen molar-refractivity contribution < 1.29 is 36.2 Å². The van der Waals surface area contributed by atoms with E-state index in [1.54, 1.807) is 0 Å². The van der Waals surface area contributed by atoms with Crippen molar-refractivity contribution in [2.24, 2.45) is 5.41 Å². The van der Waals surface area contributed by atoms with E-state index in [-0.39, 0.29) is 79.3 Å². The normalized spacial score (nSPS) is 30.7. The molecule has 7 heterocycles. The summed E-state index contributed by atoms with van der Waals surface area (Å²) in [4.78, 5) is 15.5. The number of ether oxygens (including phenoxy) is 3. The summed E-state index contributed by atoms with van der Waals surface area (Å²) in [5.74, 6) is -0.906. The molecule has 5 fully saturated rings. The van der Waals surface area contributed by atoms with Crippen LogP contribution in [0.1, 0.15) is 37.7 Å². The zero-order valence-electron chi connectivity index (χ0n) is 23.3. The number of hydrogen-bond acceptors (Lipinski definition) is 9. The zero-order chi connectivity index (χ0) is 30.6. The third-order valence-corrected chi connectivity index (χ3v) is 9.80. The fourth-order valence-corrected chi connectivity index (χ4v) is 8.17. The van der Waals surface area contributed by atoms with Crippen LogP contribution in [0.25, 0.3) is 22.2 Å². The molecule has 9 nitrogen and oxygen atoms in total. The van der Waals surface area contributed by atoms with E-state index >= 15 is 4.39 Å². The average molecular weight is 639 g/mol. The number of rotatable bonds is 4. The summed E-state index contributed by atoms with van der Waals surface area (Å²) in [6.07, 6.45) is -1.94. The van der Waals surface area contributed by atoms with Gasteiger partial charge in [-0.25, -0.2) is 13.8 Å². The Morgan fingerprint density at radius 3 is 2.73 bits per heavy atom. The minimum Gasteiger partial charge on any atom is -0.477 e. The van der Waals surface area contributed by atoms with Crippen molar-refractivity contribution in [3.63, 3.8) is 0 Å². The number of aromatic nitrogens is 3. The number of nitrogens with two attached hydrogens (primary N) is 1. The molecule has 4 saturated heterocycles. The predicted octanol–water partition coefficient (Wildman–Crippen LogP) is 5.07. The standard InChI is InChI=1S/C29H28ClF5N6O3/c30-16-6-13(36)5-15(20(16)29(33,34)35)22-21(31)23-19-24(40-26(39-23)44-11-27-8-28(32,9-27)12-42-10-27)41-7-14-1-2-17(37-14)18(41)3-4-43-25(19)38-22/h5-6,14,17-18,37H,1-4,7-12,36H2/t14-,17+,18-,27?,28?/m1/s1. The van der Waals surface area contributed by atoms with Crippen molar-refractivity contribution in [2.75, 3.05) is 43.6 Å². The molecule has 0 unspecified atom stereocenters. The van der Waals surface area contributed by atoms with Gasteiger partial charge < -0.3 is 30.2 Å². The van der Waals surface area contributed by atoms with Crippen LogP contribution in [0, 0.1) is 11.2 Å². The van der Waals surface area contributed by atoms with Gasteiger partial charge in [0.1, 0.15) is 28.1 Å². The lowest BCUT2D eigenvalue weighted by atomic mass is 9.59. The van der Waals surface area contributed by atoms with Gasteiger partial charge in [0.15, 0.2) is 5.82 Å². The molecule has 5 aliphatic heterocycles. The molecule has 1 aromatic carbocycles. The number of halogens is 6. The van der Waals surface area contributed by atoms with Crippen LogP contribution >= 0.6 is 11.6 Å².